The molecular formula is C30H29N5O2. The van der Waals surface area contributed by atoms with Crippen LogP contribution in [0.15, 0.2) is 90.0 Å². The number of pyridine rings is 1. The van der Waals surface area contributed by atoms with Crippen LogP contribution in [0.25, 0.3) is 22.2 Å². The van der Waals surface area contributed by atoms with Gasteiger partial charge in [-0.1, -0.05) is 60.7 Å². The quantitative estimate of drug-likeness (QED) is 0.316. The molecule has 5 aromatic rings. The van der Waals surface area contributed by atoms with E-state index in [1.165, 1.54) is 10.1 Å². The molecule has 2 N–H and O–H groups in total. The maximum atomic E-state index is 13.5. The zero-order valence-electron chi connectivity index (χ0n) is 20.8. The molecule has 0 fully saturated rings. The Morgan fingerprint density at radius 1 is 0.946 bits per heavy atom. The third-order valence-corrected chi connectivity index (χ3v) is 6.39. The average molecular weight is 492 g/mol. The lowest BCUT2D eigenvalue weighted by molar-refractivity contribution is -0.121. The molecule has 1 amide bonds. The molecule has 0 atom stereocenters. The molecule has 0 aliphatic carbocycles. The Hall–Kier alpha value is -4.52. The van der Waals surface area contributed by atoms with E-state index in [2.05, 4.69) is 32.4 Å². The minimum absolute atomic E-state index is 0.0852. The van der Waals surface area contributed by atoms with Crippen molar-refractivity contribution in [3.05, 3.63) is 118 Å². The standard InChI is InChI=1S/C30H29N5O2/c1-21-15-27-24(17-31-21)16-25(34-27)18-33-29(36)20-35-28(23-12-6-3-7-13-23)19-32-26(30(35)37)14-8-11-22-9-4-2-5-10-22/h2-7,9-10,12-13,15-17,19,34H,8,11,14,18,20H2,1H3,(H,33,36). The maximum Gasteiger partial charge on any atom is 0.273 e. The van der Waals surface area contributed by atoms with E-state index in [4.69, 9.17) is 0 Å². The second kappa shape index (κ2) is 11.0. The predicted molar refractivity (Wildman–Crippen MR) is 145 cm³/mol. The summed E-state index contributed by atoms with van der Waals surface area (Å²) in [6.07, 6.45) is 5.73. The molecule has 2 aromatic carbocycles. The first kappa shape index (κ1) is 24.2. The number of benzene rings is 2. The predicted octanol–water partition coefficient (Wildman–Crippen LogP) is 4.59. The Morgan fingerprint density at radius 3 is 2.49 bits per heavy atom. The molecule has 0 saturated heterocycles. The van der Waals surface area contributed by atoms with E-state index in [9.17, 15) is 9.59 Å². The molecule has 0 aliphatic rings. The number of rotatable bonds is 9. The summed E-state index contributed by atoms with van der Waals surface area (Å²) in [4.78, 5) is 38.6. The zero-order valence-corrected chi connectivity index (χ0v) is 20.8. The first-order valence-corrected chi connectivity index (χ1v) is 12.5. The number of carbonyl (C=O) groups excluding carboxylic acids is 1. The largest absolute Gasteiger partial charge is 0.357 e. The first-order chi connectivity index (χ1) is 18.1. The normalized spacial score (nSPS) is 11.1. The minimum Gasteiger partial charge on any atom is -0.357 e. The van der Waals surface area contributed by atoms with E-state index in [1.54, 1.807) is 6.20 Å². The van der Waals surface area contributed by atoms with Gasteiger partial charge in [0.05, 0.1) is 18.4 Å². The fraction of sp³-hybridized carbons (Fsp3) is 0.200. The van der Waals surface area contributed by atoms with Crippen molar-refractivity contribution >= 4 is 16.8 Å². The van der Waals surface area contributed by atoms with Crippen LogP contribution in [0.1, 0.15) is 29.1 Å². The van der Waals surface area contributed by atoms with Crippen molar-refractivity contribution in [3.63, 3.8) is 0 Å². The maximum absolute atomic E-state index is 13.5. The lowest BCUT2D eigenvalue weighted by atomic mass is 10.1. The van der Waals surface area contributed by atoms with Gasteiger partial charge in [-0.15, -0.1) is 0 Å². The van der Waals surface area contributed by atoms with Crippen LogP contribution < -0.4 is 10.9 Å². The van der Waals surface area contributed by atoms with Crippen molar-refractivity contribution in [2.24, 2.45) is 0 Å². The molecule has 37 heavy (non-hydrogen) atoms. The Bertz CT molecular complexity index is 1570. The Labute approximate surface area is 215 Å². The second-order valence-electron chi connectivity index (χ2n) is 9.17. The first-order valence-electron chi connectivity index (χ1n) is 12.5. The van der Waals surface area contributed by atoms with Crippen molar-refractivity contribution in [2.45, 2.75) is 39.3 Å². The number of aromatic amines is 1. The number of hydrogen-bond acceptors (Lipinski definition) is 4. The van der Waals surface area contributed by atoms with Crippen molar-refractivity contribution in [1.29, 1.82) is 0 Å². The van der Waals surface area contributed by atoms with Gasteiger partial charge in [-0.25, -0.2) is 0 Å². The van der Waals surface area contributed by atoms with Gasteiger partial charge in [-0.3, -0.25) is 24.1 Å². The molecule has 7 nitrogen and oxygen atoms in total. The van der Waals surface area contributed by atoms with E-state index in [-0.39, 0.29) is 18.0 Å². The Balaban J connectivity index is 1.33. The Kier molecular flexibility index (Phi) is 7.21. The van der Waals surface area contributed by atoms with Gasteiger partial charge in [0.15, 0.2) is 0 Å². The second-order valence-corrected chi connectivity index (χ2v) is 9.17. The van der Waals surface area contributed by atoms with Crippen LogP contribution in [0.5, 0.6) is 0 Å². The summed E-state index contributed by atoms with van der Waals surface area (Å²) in [5, 5.41) is 3.93. The summed E-state index contributed by atoms with van der Waals surface area (Å²) >= 11 is 0. The Morgan fingerprint density at radius 2 is 1.70 bits per heavy atom. The fourth-order valence-corrected chi connectivity index (χ4v) is 4.48. The third kappa shape index (κ3) is 5.83. The van der Waals surface area contributed by atoms with Crippen LogP contribution in [0.2, 0.25) is 0 Å². The van der Waals surface area contributed by atoms with Crippen molar-refractivity contribution in [2.75, 3.05) is 0 Å². The molecule has 0 aliphatic heterocycles. The van der Waals surface area contributed by atoms with E-state index in [0.717, 1.165) is 40.7 Å². The van der Waals surface area contributed by atoms with E-state index >= 15 is 0 Å². The van der Waals surface area contributed by atoms with E-state index in [1.807, 2.05) is 73.8 Å². The number of carbonyl (C=O) groups is 1. The van der Waals surface area contributed by atoms with Crippen LogP contribution in [-0.4, -0.2) is 25.4 Å². The van der Waals surface area contributed by atoms with Crippen molar-refractivity contribution in [1.82, 2.24) is 24.8 Å². The molecule has 0 spiro atoms. The average Bonchev–Trinajstić information content (AvgIpc) is 3.33. The highest BCUT2D eigenvalue weighted by atomic mass is 16.2. The number of nitrogens with zero attached hydrogens (tertiary/aromatic N) is 3. The summed E-state index contributed by atoms with van der Waals surface area (Å²) in [5.74, 6) is -0.242. The molecule has 0 radical (unpaired) electrons. The van der Waals surface area contributed by atoms with Gasteiger partial charge in [-0.2, -0.15) is 0 Å². The molecule has 7 heteroatoms. The van der Waals surface area contributed by atoms with Crippen LogP contribution in [0, 0.1) is 6.92 Å². The summed E-state index contributed by atoms with van der Waals surface area (Å²) in [6, 6.07) is 23.7. The van der Waals surface area contributed by atoms with Gasteiger partial charge in [0.2, 0.25) is 5.91 Å². The summed E-state index contributed by atoms with van der Waals surface area (Å²) in [6.45, 7) is 2.18. The number of hydrogen-bond donors (Lipinski definition) is 2. The highest BCUT2D eigenvalue weighted by Gasteiger charge is 2.15. The topological polar surface area (TPSA) is 92.7 Å². The lowest BCUT2D eigenvalue weighted by Gasteiger charge is -2.14. The van der Waals surface area contributed by atoms with E-state index < -0.39 is 0 Å². The lowest BCUT2D eigenvalue weighted by Crippen LogP contribution is -2.34. The molecule has 0 unspecified atom stereocenters. The van der Waals surface area contributed by atoms with Gasteiger partial charge in [0.1, 0.15) is 12.2 Å². The number of H-pyrrole nitrogens is 1. The number of nitrogens with one attached hydrogen (secondary N) is 2. The molecule has 3 aromatic heterocycles. The molecule has 0 saturated carbocycles. The van der Waals surface area contributed by atoms with Crippen LogP contribution >= 0.6 is 0 Å². The molecule has 3 heterocycles. The zero-order chi connectivity index (χ0) is 25.6. The van der Waals surface area contributed by atoms with Gasteiger partial charge < -0.3 is 10.3 Å². The number of amides is 1. The van der Waals surface area contributed by atoms with Crippen LogP contribution in [-0.2, 0) is 30.7 Å². The monoisotopic (exact) mass is 491 g/mol. The van der Waals surface area contributed by atoms with E-state index in [0.29, 0.717) is 24.4 Å². The van der Waals surface area contributed by atoms with Crippen LogP contribution in [0.4, 0.5) is 0 Å². The SMILES string of the molecule is Cc1cc2[nH]c(CNC(=O)Cn3c(-c4ccccc4)cnc(CCCc4ccccc4)c3=O)cc2cn1. The molecule has 0 bridgehead atoms. The number of aryl methyl sites for hydroxylation is 3. The highest BCUT2D eigenvalue weighted by Crippen LogP contribution is 2.18. The van der Waals surface area contributed by atoms with Crippen LogP contribution in [0.3, 0.4) is 0 Å². The summed E-state index contributed by atoms with van der Waals surface area (Å²) in [5.41, 5.74) is 5.73. The van der Waals surface area contributed by atoms with Crippen molar-refractivity contribution in [3.8, 4) is 11.3 Å². The van der Waals surface area contributed by atoms with Gasteiger partial charge in [0, 0.05) is 28.5 Å². The number of aromatic nitrogens is 4. The van der Waals surface area contributed by atoms with Crippen molar-refractivity contribution < 1.29 is 4.79 Å². The summed E-state index contributed by atoms with van der Waals surface area (Å²) < 4.78 is 1.54. The van der Waals surface area contributed by atoms with Gasteiger partial charge >= 0.3 is 0 Å². The van der Waals surface area contributed by atoms with Gasteiger partial charge in [-0.05, 0) is 49.4 Å². The van der Waals surface area contributed by atoms with Gasteiger partial charge in [0.25, 0.3) is 5.56 Å². The fourth-order valence-electron chi connectivity index (χ4n) is 4.48. The molecular weight excluding hydrogens is 462 g/mol. The molecule has 186 valence electrons. The third-order valence-electron chi connectivity index (χ3n) is 6.39. The summed E-state index contributed by atoms with van der Waals surface area (Å²) in [7, 11) is 0. The number of fused-ring (bicyclic) bond motifs is 1. The highest BCUT2D eigenvalue weighted by molar-refractivity contribution is 5.80. The smallest absolute Gasteiger partial charge is 0.273 e. The molecule has 5 rings (SSSR count). The minimum atomic E-state index is -0.242.